The third-order valence-corrected chi connectivity index (χ3v) is 3.83. The Labute approximate surface area is 180 Å². The first-order chi connectivity index (χ1) is 12.7. The molecule has 2 aromatic rings. The van der Waals surface area contributed by atoms with Crippen molar-refractivity contribution >= 4 is 59.0 Å². The number of carbonyl (C=O) groups excluding carboxylic acids is 4. The van der Waals surface area contributed by atoms with E-state index in [1.54, 1.807) is 0 Å². The van der Waals surface area contributed by atoms with Gasteiger partial charge in [-0.3, -0.25) is 19.2 Å². The van der Waals surface area contributed by atoms with Crippen molar-refractivity contribution in [3.05, 3.63) is 58.1 Å². The molecule has 0 heterocycles. The van der Waals surface area contributed by atoms with Gasteiger partial charge in [-0.25, -0.2) is 4.79 Å². The van der Waals surface area contributed by atoms with Crippen LogP contribution >= 0.6 is 0 Å². The van der Waals surface area contributed by atoms with Gasteiger partial charge >= 0.3 is 47.5 Å². The number of carbonyl (C=O) groups is 5. The van der Waals surface area contributed by atoms with E-state index in [1.165, 1.54) is 18.2 Å². The molecular formula is C19H13NaO8. The molecule has 0 amide bonds. The van der Waals surface area contributed by atoms with Crippen molar-refractivity contribution in [2.45, 2.75) is 13.8 Å². The van der Waals surface area contributed by atoms with Crippen LogP contribution in [0.3, 0.4) is 0 Å². The molecule has 138 valence electrons. The number of rotatable bonds is 3. The van der Waals surface area contributed by atoms with Gasteiger partial charge in [0.15, 0.2) is 5.78 Å². The molecular weight excluding hydrogens is 379 g/mol. The third-order valence-electron chi connectivity index (χ3n) is 3.83. The summed E-state index contributed by atoms with van der Waals surface area (Å²) in [6, 6.07) is 6.19. The van der Waals surface area contributed by atoms with Gasteiger partial charge in [-0.15, -0.1) is 0 Å². The van der Waals surface area contributed by atoms with E-state index < -0.39 is 29.5 Å². The van der Waals surface area contributed by atoms with E-state index in [-0.39, 0.29) is 68.9 Å². The second-order valence-corrected chi connectivity index (χ2v) is 5.73. The summed E-state index contributed by atoms with van der Waals surface area (Å²) in [6.07, 6.45) is 0. The molecule has 8 nitrogen and oxygen atoms in total. The predicted molar refractivity (Wildman–Crippen MR) is 96.5 cm³/mol. The molecule has 0 fully saturated rings. The number of carboxylic acid groups (broad SMARTS) is 1. The van der Waals surface area contributed by atoms with Gasteiger partial charge in [0.25, 0.3) is 0 Å². The van der Waals surface area contributed by atoms with Crippen LogP contribution in [0.2, 0.25) is 0 Å². The SMILES string of the molecule is CC(=O)Oc1cccc2c1C(=O)c1c(OC(C)=O)cc(C(=O)O)cc1C2=O.[NaH]. The number of benzene rings is 2. The van der Waals surface area contributed by atoms with Gasteiger partial charge < -0.3 is 14.6 Å². The van der Waals surface area contributed by atoms with Crippen LogP contribution < -0.4 is 9.47 Å². The summed E-state index contributed by atoms with van der Waals surface area (Å²) in [7, 11) is 0. The molecule has 0 saturated heterocycles. The van der Waals surface area contributed by atoms with Crippen LogP contribution in [0.1, 0.15) is 56.0 Å². The van der Waals surface area contributed by atoms with Gasteiger partial charge in [-0.1, -0.05) is 12.1 Å². The minimum atomic E-state index is -1.36. The Hall–Kier alpha value is -2.81. The first-order valence-electron chi connectivity index (χ1n) is 7.71. The predicted octanol–water partition coefficient (Wildman–Crippen LogP) is 1.36. The van der Waals surface area contributed by atoms with Crippen LogP contribution in [0.4, 0.5) is 0 Å². The molecule has 1 aliphatic carbocycles. The fourth-order valence-corrected chi connectivity index (χ4v) is 2.85. The van der Waals surface area contributed by atoms with Crippen molar-refractivity contribution in [2.75, 3.05) is 0 Å². The van der Waals surface area contributed by atoms with E-state index in [0.29, 0.717) is 0 Å². The molecule has 0 aliphatic heterocycles. The number of fused-ring (bicyclic) bond motifs is 2. The van der Waals surface area contributed by atoms with Crippen LogP contribution in [0.5, 0.6) is 11.5 Å². The van der Waals surface area contributed by atoms with Crippen LogP contribution in [-0.4, -0.2) is 64.1 Å². The summed E-state index contributed by atoms with van der Waals surface area (Å²) >= 11 is 0. The number of hydrogen-bond donors (Lipinski definition) is 1. The molecule has 1 aliphatic rings. The summed E-state index contributed by atoms with van der Waals surface area (Å²) in [4.78, 5) is 60.0. The molecule has 0 bridgehead atoms. The summed E-state index contributed by atoms with van der Waals surface area (Å²) in [5, 5.41) is 9.24. The summed E-state index contributed by atoms with van der Waals surface area (Å²) < 4.78 is 9.99. The van der Waals surface area contributed by atoms with Crippen molar-refractivity contribution in [2.24, 2.45) is 0 Å². The van der Waals surface area contributed by atoms with Crippen LogP contribution in [0.25, 0.3) is 0 Å². The topological polar surface area (TPSA) is 124 Å². The second kappa shape index (κ2) is 8.05. The maximum absolute atomic E-state index is 13.1. The van der Waals surface area contributed by atoms with Crippen LogP contribution in [0, 0.1) is 0 Å². The number of ketones is 2. The van der Waals surface area contributed by atoms with Gasteiger partial charge in [0.2, 0.25) is 5.78 Å². The fraction of sp³-hybridized carbons (Fsp3) is 0.105. The molecule has 28 heavy (non-hydrogen) atoms. The Morgan fingerprint density at radius 1 is 0.821 bits per heavy atom. The molecule has 9 heteroatoms. The zero-order valence-electron chi connectivity index (χ0n) is 14.2. The van der Waals surface area contributed by atoms with Gasteiger partial charge in [0.1, 0.15) is 11.5 Å². The quantitative estimate of drug-likeness (QED) is 0.403. The zero-order chi connectivity index (χ0) is 19.9. The zero-order valence-corrected chi connectivity index (χ0v) is 14.2. The normalized spacial score (nSPS) is 11.6. The van der Waals surface area contributed by atoms with Crippen molar-refractivity contribution in [1.29, 1.82) is 0 Å². The van der Waals surface area contributed by atoms with Crippen LogP contribution in [0.15, 0.2) is 30.3 Å². The van der Waals surface area contributed by atoms with Gasteiger partial charge in [0, 0.05) is 25.0 Å². The maximum atomic E-state index is 13.1. The third kappa shape index (κ3) is 3.75. The Kier molecular flexibility index (Phi) is 6.18. The molecule has 0 saturated carbocycles. The van der Waals surface area contributed by atoms with Gasteiger partial charge in [-0.2, -0.15) is 0 Å². The molecule has 0 radical (unpaired) electrons. The molecule has 0 aromatic heterocycles. The number of hydrogen-bond acceptors (Lipinski definition) is 7. The van der Waals surface area contributed by atoms with E-state index in [9.17, 15) is 29.1 Å². The second-order valence-electron chi connectivity index (χ2n) is 5.73. The molecule has 3 rings (SSSR count). The van der Waals surface area contributed by atoms with Crippen molar-refractivity contribution in [3.63, 3.8) is 0 Å². The number of esters is 2. The molecule has 0 spiro atoms. The first kappa shape index (κ1) is 21.5. The van der Waals surface area contributed by atoms with E-state index in [4.69, 9.17) is 9.47 Å². The molecule has 1 N–H and O–H groups in total. The summed E-state index contributed by atoms with van der Waals surface area (Å²) in [5.74, 6) is -4.66. The monoisotopic (exact) mass is 392 g/mol. The van der Waals surface area contributed by atoms with Crippen molar-refractivity contribution in [3.8, 4) is 11.5 Å². The standard InChI is InChI=1S/C19H12O8.Na.H/c1-8(20)26-13-5-3-4-11-15(13)18(23)16-12(17(11)22)6-10(19(24)25)7-14(16)27-9(2)21;;/h3-7H,1-2H3,(H,24,25);;. The van der Waals surface area contributed by atoms with E-state index >= 15 is 0 Å². The number of aromatic carboxylic acids is 1. The molecule has 2 aromatic carbocycles. The Morgan fingerprint density at radius 2 is 1.39 bits per heavy atom. The Bertz CT molecular complexity index is 1050. The number of carboxylic acids is 1. The average molecular weight is 392 g/mol. The first-order valence-corrected chi connectivity index (χ1v) is 7.71. The van der Waals surface area contributed by atoms with Crippen LogP contribution in [-0.2, 0) is 9.59 Å². The average Bonchev–Trinajstić information content (AvgIpc) is 2.57. The van der Waals surface area contributed by atoms with E-state index in [0.717, 1.165) is 26.0 Å². The molecule has 0 unspecified atom stereocenters. The summed E-state index contributed by atoms with van der Waals surface area (Å²) in [5.41, 5.74) is -0.967. The van der Waals surface area contributed by atoms with Crippen molar-refractivity contribution in [1.82, 2.24) is 0 Å². The minimum absolute atomic E-state index is 0. The molecule has 0 atom stereocenters. The van der Waals surface area contributed by atoms with Gasteiger partial charge in [-0.05, 0) is 18.2 Å². The van der Waals surface area contributed by atoms with E-state index in [2.05, 4.69) is 0 Å². The van der Waals surface area contributed by atoms with Gasteiger partial charge in [0.05, 0.1) is 16.7 Å². The van der Waals surface area contributed by atoms with Crippen molar-refractivity contribution < 1.29 is 38.6 Å². The number of ether oxygens (including phenoxy) is 2. The fourth-order valence-electron chi connectivity index (χ4n) is 2.85. The Morgan fingerprint density at radius 3 is 1.96 bits per heavy atom. The summed E-state index contributed by atoms with van der Waals surface area (Å²) in [6.45, 7) is 2.22. The Balaban J connectivity index is 0.00000280. The van der Waals surface area contributed by atoms with E-state index in [1.807, 2.05) is 0 Å².